The zero-order valence-corrected chi connectivity index (χ0v) is 18.0. The van der Waals surface area contributed by atoms with E-state index in [1.807, 2.05) is 38.4 Å². The summed E-state index contributed by atoms with van der Waals surface area (Å²) in [5.41, 5.74) is 2.44. The first-order chi connectivity index (χ1) is 13.8. The van der Waals surface area contributed by atoms with Crippen LogP contribution < -0.4 is 10.3 Å². The molecule has 0 aliphatic rings. The molecule has 0 N–H and O–H groups in total. The lowest BCUT2D eigenvalue weighted by Gasteiger charge is -2.16. The summed E-state index contributed by atoms with van der Waals surface area (Å²) in [6.45, 7) is 2.44. The van der Waals surface area contributed by atoms with Crippen LogP contribution in [-0.2, 0) is 13.2 Å². The van der Waals surface area contributed by atoms with Crippen molar-refractivity contribution in [3.63, 3.8) is 0 Å². The summed E-state index contributed by atoms with van der Waals surface area (Å²) in [5.74, 6) is -1.04. The van der Waals surface area contributed by atoms with E-state index in [0.29, 0.717) is 11.4 Å². The molecular formula is C22H21BrF2N2O2. The van der Waals surface area contributed by atoms with Crippen molar-refractivity contribution in [2.24, 2.45) is 0 Å². The highest BCUT2D eigenvalue weighted by atomic mass is 79.9. The average Bonchev–Trinajstić information content (AvgIpc) is 2.64. The van der Waals surface area contributed by atoms with Gasteiger partial charge >= 0.3 is 0 Å². The monoisotopic (exact) mass is 462 g/mol. The maximum Gasteiger partial charge on any atom is 0.273 e. The Kier molecular flexibility index (Phi) is 6.49. The number of halogens is 3. The second kappa shape index (κ2) is 8.88. The molecular weight excluding hydrogens is 442 g/mol. The zero-order valence-electron chi connectivity index (χ0n) is 16.4. The van der Waals surface area contributed by atoms with Gasteiger partial charge in [-0.25, -0.2) is 8.78 Å². The first-order valence-electron chi connectivity index (χ1n) is 8.99. The predicted octanol–water partition coefficient (Wildman–Crippen LogP) is 4.83. The highest BCUT2D eigenvalue weighted by Crippen LogP contribution is 2.25. The Balaban J connectivity index is 1.91. The fourth-order valence-electron chi connectivity index (χ4n) is 3.06. The lowest BCUT2D eigenvalue weighted by atomic mass is 10.2. The molecule has 29 heavy (non-hydrogen) atoms. The number of benzene rings is 2. The number of ether oxygens (including phenoxy) is 1. The number of hydrogen-bond acceptors (Lipinski definition) is 3. The third kappa shape index (κ3) is 4.92. The number of rotatable bonds is 6. The Morgan fingerprint density at radius 3 is 2.55 bits per heavy atom. The van der Waals surface area contributed by atoms with E-state index in [2.05, 4.69) is 20.8 Å². The molecule has 7 heteroatoms. The first kappa shape index (κ1) is 21.2. The molecule has 0 saturated heterocycles. The van der Waals surface area contributed by atoms with Gasteiger partial charge < -0.3 is 9.64 Å². The first-order valence-corrected chi connectivity index (χ1v) is 9.78. The van der Waals surface area contributed by atoms with Crippen LogP contribution in [0.1, 0.15) is 16.8 Å². The van der Waals surface area contributed by atoms with E-state index in [1.165, 1.54) is 12.1 Å². The Hall–Kier alpha value is -2.51. The van der Waals surface area contributed by atoms with Crippen LogP contribution in [0, 0.1) is 18.6 Å². The van der Waals surface area contributed by atoms with Crippen LogP contribution in [0.5, 0.6) is 5.75 Å². The SMILES string of the molecule is Cc1cc(OCc2ccc(F)cc2F)c(Br)c(=O)n1-c1cccc(CN(C)C)c1. The number of pyridine rings is 1. The molecule has 4 nitrogen and oxygen atoms in total. The lowest BCUT2D eigenvalue weighted by molar-refractivity contribution is 0.296. The second-order valence-electron chi connectivity index (χ2n) is 7.04. The quantitative estimate of drug-likeness (QED) is 0.526. The van der Waals surface area contributed by atoms with Crippen molar-refractivity contribution in [2.75, 3.05) is 14.1 Å². The standard InChI is InChI=1S/C22H21BrF2N2O2/c1-14-9-20(29-13-16-7-8-17(24)11-19(16)25)21(23)22(28)27(14)18-6-4-5-15(10-18)12-26(2)3/h4-11H,12-13H2,1-3H3. The third-order valence-corrected chi connectivity index (χ3v) is 5.10. The van der Waals surface area contributed by atoms with Crippen LogP contribution in [0.3, 0.4) is 0 Å². The number of hydrogen-bond donors (Lipinski definition) is 0. The highest BCUT2D eigenvalue weighted by molar-refractivity contribution is 9.10. The Bertz CT molecular complexity index is 1100. The molecule has 0 spiro atoms. The Morgan fingerprint density at radius 2 is 1.86 bits per heavy atom. The second-order valence-corrected chi connectivity index (χ2v) is 7.83. The number of aromatic nitrogens is 1. The molecule has 1 aromatic heterocycles. The largest absolute Gasteiger partial charge is 0.487 e. The fourth-order valence-corrected chi connectivity index (χ4v) is 3.47. The van der Waals surface area contributed by atoms with Gasteiger partial charge in [-0.15, -0.1) is 0 Å². The van der Waals surface area contributed by atoms with Crippen molar-refractivity contribution >= 4 is 15.9 Å². The van der Waals surface area contributed by atoms with Crippen molar-refractivity contribution in [1.29, 1.82) is 0 Å². The molecule has 0 radical (unpaired) electrons. The van der Waals surface area contributed by atoms with Crippen molar-refractivity contribution in [3.05, 3.63) is 91.8 Å². The van der Waals surface area contributed by atoms with Crippen molar-refractivity contribution < 1.29 is 13.5 Å². The van der Waals surface area contributed by atoms with Crippen molar-refractivity contribution in [2.45, 2.75) is 20.1 Å². The molecule has 0 aliphatic heterocycles. The number of aryl methyl sites for hydroxylation is 1. The smallest absolute Gasteiger partial charge is 0.273 e. The van der Waals surface area contributed by atoms with Crippen LogP contribution in [0.4, 0.5) is 8.78 Å². The summed E-state index contributed by atoms with van der Waals surface area (Å²) in [5, 5.41) is 0. The Morgan fingerprint density at radius 1 is 1.10 bits per heavy atom. The van der Waals surface area contributed by atoms with Gasteiger partial charge in [0.25, 0.3) is 5.56 Å². The fraction of sp³-hybridized carbons (Fsp3) is 0.227. The van der Waals surface area contributed by atoms with E-state index < -0.39 is 11.6 Å². The van der Waals surface area contributed by atoms with Gasteiger partial charge in [0, 0.05) is 35.6 Å². The molecule has 0 atom stereocenters. The van der Waals surface area contributed by atoms with Crippen molar-refractivity contribution in [3.8, 4) is 11.4 Å². The van der Waals surface area contributed by atoms with E-state index in [0.717, 1.165) is 23.9 Å². The summed E-state index contributed by atoms with van der Waals surface area (Å²) >= 11 is 3.30. The molecule has 0 unspecified atom stereocenters. The third-order valence-electron chi connectivity index (χ3n) is 4.37. The summed E-state index contributed by atoms with van der Waals surface area (Å²) in [6.07, 6.45) is 0. The molecule has 0 amide bonds. The predicted molar refractivity (Wildman–Crippen MR) is 113 cm³/mol. The van der Waals surface area contributed by atoms with Gasteiger partial charge in [-0.1, -0.05) is 12.1 Å². The molecule has 0 fully saturated rings. The summed E-state index contributed by atoms with van der Waals surface area (Å²) in [7, 11) is 3.97. The maximum atomic E-state index is 13.8. The average molecular weight is 463 g/mol. The van der Waals surface area contributed by atoms with Gasteiger partial charge in [-0.2, -0.15) is 0 Å². The lowest BCUT2D eigenvalue weighted by Crippen LogP contribution is -2.22. The van der Waals surface area contributed by atoms with E-state index in [1.54, 1.807) is 17.6 Å². The van der Waals surface area contributed by atoms with Crippen LogP contribution in [0.25, 0.3) is 5.69 Å². The normalized spacial score (nSPS) is 11.1. The molecule has 0 saturated carbocycles. The Labute approximate surface area is 176 Å². The van der Waals surface area contributed by atoms with Crippen LogP contribution in [0.2, 0.25) is 0 Å². The molecule has 152 valence electrons. The summed E-state index contributed by atoms with van der Waals surface area (Å²) < 4.78 is 34.3. The molecule has 1 heterocycles. The number of nitrogens with zero attached hydrogens (tertiary/aromatic N) is 2. The van der Waals surface area contributed by atoms with E-state index in [9.17, 15) is 13.6 Å². The minimum absolute atomic E-state index is 0.119. The van der Waals surface area contributed by atoms with Gasteiger partial charge in [0.15, 0.2) is 0 Å². The van der Waals surface area contributed by atoms with E-state index in [4.69, 9.17) is 4.74 Å². The van der Waals surface area contributed by atoms with Gasteiger partial charge in [0.05, 0.1) is 0 Å². The van der Waals surface area contributed by atoms with E-state index >= 15 is 0 Å². The van der Waals surface area contributed by atoms with Crippen LogP contribution in [0.15, 0.2) is 57.8 Å². The molecule has 0 bridgehead atoms. The highest BCUT2D eigenvalue weighted by Gasteiger charge is 2.15. The van der Waals surface area contributed by atoms with E-state index in [-0.39, 0.29) is 22.2 Å². The minimum atomic E-state index is -0.691. The summed E-state index contributed by atoms with van der Waals surface area (Å²) in [4.78, 5) is 15.0. The zero-order chi connectivity index (χ0) is 21.1. The van der Waals surface area contributed by atoms with Gasteiger partial charge in [0.1, 0.15) is 28.5 Å². The summed E-state index contributed by atoms with van der Waals surface area (Å²) in [6, 6.07) is 12.8. The maximum absolute atomic E-state index is 13.8. The molecule has 3 aromatic rings. The van der Waals surface area contributed by atoms with Gasteiger partial charge in [-0.05, 0) is 66.8 Å². The van der Waals surface area contributed by atoms with Gasteiger partial charge in [-0.3, -0.25) is 9.36 Å². The molecule has 2 aromatic carbocycles. The van der Waals surface area contributed by atoms with Crippen LogP contribution >= 0.6 is 15.9 Å². The van der Waals surface area contributed by atoms with Crippen LogP contribution in [-0.4, -0.2) is 23.6 Å². The van der Waals surface area contributed by atoms with Gasteiger partial charge in [0.2, 0.25) is 0 Å². The van der Waals surface area contributed by atoms with Crippen molar-refractivity contribution in [1.82, 2.24) is 9.47 Å². The minimum Gasteiger partial charge on any atom is -0.487 e. The molecule has 3 rings (SSSR count). The molecule has 0 aliphatic carbocycles. The topological polar surface area (TPSA) is 34.5 Å².